The van der Waals surface area contributed by atoms with E-state index in [9.17, 15) is 13.2 Å². The van der Waals surface area contributed by atoms with Crippen LogP contribution in [0.4, 0.5) is 17.1 Å². The third-order valence-electron chi connectivity index (χ3n) is 4.36. The molecular weight excluding hydrogens is 344 g/mol. The maximum absolute atomic E-state index is 11.9. The van der Waals surface area contributed by atoms with Gasteiger partial charge in [0.2, 0.25) is 10.0 Å². The standard InChI is InChI=1S/C15H18N6O3S/c1-16-10-6-20(7-10)14-15-18-13(22)8-21(15)12-5-9(19-25(2,23)24)3-4-11(12)17-14/h3-5,10,16,19H,6-8H2,1-2H3. The van der Waals surface area contributed by atoms with Crippen molar-refractivity contribution in [3.8, 4) is 0 Å². The first-order valence-electron chi connectivity index (χ1n) is 7.86. The highest BCUT2D eigenvalue weighted by atomic mass is 32.2. The summed E-state index contributed by atoms with van der Waals surface area (Å²) < 4.78 is 25.4. The lowest BCUT2D eigenvalue weighted by molar-refractivity contribution is -0.115. The Morgan fingerprint density at radius 3 is 2.64 bits per heavy atom. The van der Waals surface area contributed by atoms with Crippen LogP contribution in [0.25, 0.3) is 0 Å². The summed E-state index contributed by atoms with van der Waals surface area (Å²) in [7, 11) is -1.47. The number of anilines is 2. The highest BCUT2D eigenvalue weighted by Crippen LogP contribution is 2.38. The van der Waals surface area contributed by atoms with Gasteiger partial charge in [0.15, 0.2) is 11.7 Å². The number of benzene rings is 1. The monoisotopic (exact) mass is 362 g/mol. The van der Waals surface area contributed by atoms with Crippen molar-refractivity contribution in [1.82, 2.24) is 10.2 Å². The van der Waals surface area contributed by atoms with Crippen LogP contribution in [-0.2, 0) is 14.8 Å². The molecule has 1 aromatic rings. The maximum atomic E-state index is 11.9. The summed E-state index contributed by atoms with van der Waals surface area (Å²) in [6.45, 7) is 1.74. The highest BCUT2D eigenvalue weighted by Gasteiger charge is 2.39. The van der Waals surface area contributed by atoms with Gasteiger partial charge in [0.1, 0.15) is 6.54 Å². The molecule has 10 heteroatoms. The molecule has 0 unspecified atom stereocenters. The third-order valence-corrected chi connectivity index (χ3v) is 4.97. The number of fused-ring (bicyclic) bond motifs is 3. The van der Waals surface area contributed by atoms with E-state index < -0.39 is 10.0 Å². The molecule has 3 aliphatic rings. The van der Waals surface area contributed by atoms with E-state index in [1.54, 1.807) is 23.1 Å². The number of carbonyl (C=O) groups is 1. The number of likely N-dealkylation sites (tertiary alicyclic amines) is 1. The van der Waals surface area contributed by atoms with Crippen molar-refractivity contribution in [2.24, 2.45) is 9.98 Å². The molecule has 2 N–H and O–H groups in total. The molecule has 1 aromatic carbocycles. The van der Waals surface area contributed by atoms with E-state index in [1.165, 1.54) is 0 Å². The Balaban J connectivity index is 1.73. The minimum absolute atomic E-state index is 0.132. The van der Waals surface area contributed by atoms with Crippen LogP contribution in [0.3, 0.4) is 0 Å². The van der Waals surface area contributed by atoms with Crippen molar-refractivity contribution in [2.45, 2.75) is 6.04 Å². The van der Waals surface area contributed by atoms with Crippen molar-refractivity contribution in [3.63, 3.8) is 0 Å². The average molecular weight is 362 g/mol. The molecule has 1 fully saturated rings. The Kier molecular flexibility index (Phi) is 3.55. The lowest BCUT2D eigenvalue weighted by atomic mass is 10.1. The van der Waals surface area contributed by atoms with Crippen LogP contribution < -0.4 is 14.9 Å². The van der Waals surface area contributed by atoms with Crippen molar-refractivity contribution < 1.29 is 13.2 Å². The number of hydrogen-bond acceptors (Lipinski definition) is 7. The van der Waals surface area contributed by atoms with Crippen molar-refractivity contribution in [3.05, 3.63) is 18.2 Å². The molecule has 25 heavy (non-hydrogen) atoms. The Bertz CT molecular complexity index is 917. The fourth-order valence-corrected chi connectivity index (χ4v) is 3.67. The van der Waals surface area contributed by atoms with E-state index in [4.69, 9.17) is 0 Å². The maximum Gasteiger partial charge on any atom is 0.267 e. The summed E-state index contributed by atoms with van der Waals surface area (Å²) >= 11 is 0. The molecule has 0 aliphatic carbocycles. The first kappa shape index (κ1) is 16.0. The van der Waals surface area contributed by atoms with Gasteiger partial charge in [-0.3, -0.25) is 9.52 Å². The van der Waals surface area contributed by atoms with Gasteiger partial charge in [-0.15, -0.1) is 0 Å². The second-order valence-electron chi connectivity index (χ2n) is 6.32. The smallest absolute Gasteiger partial charge is 0.267 e. The van der Waals surface area contributed by atoms with Crippen molar-refractivity contribution in [1.29, 1.82) is 0 Å². The molecule has 4 rings (SSSR count). The molecule has 132 valence electrons. The lowest BCUT2D eigenvalue weighted by Gasteiger charge is -2.43. The van der Waals surface area contributed by atoms with Crippen molar-refractivity contribution >= 4 is 44.7 Å². The Labute approximate surface area is 145 Å². The number of amides is 1. The number of hydrogen-bond donors (Lipinski definition) is 2. The molecular formula is C15H18N6O3S. The molecule has 0 aromatic heterocycles. The molecule has 1 amide bonds. The van der Waals surface area contributed by atoms with Crippen LogP contribution >= 0.6 is 0 Å². The lowest BCUT2D eigenvalue weighted by Crippen LogP contribution is -2.62. The fourth-order valence-electron chi connectivity index (χ4n) is 3.12. The van der Waals surface area contributed by atoms with E-state index in [1.807, 2.05) is 7.05 Å². The van der Waals surface area contributed by atoms with E-state index in [2.05, 4.69) is 24.9 Å². The molecule has 3 aliphatic heterocycles. The van der Waals surface area contributed by atoms with Crippen LogP contribution in [-0.4, -0.2) is 69.9 Å². The molecule has 0 saturated carbocycles. The van der Waals surface area contributed by atoms with Gasteiger partial charge in [0.25, 0.3) is 5.91 Å². The van der Waals surface area contributed by atoms with Gasteiger partial charge in [-0.1, -0.05) is 0 Å². The molecule has 0 atom stereocenters. The molecule has 9 nitrogen and oxygen atoms in total. The topological polar surface area (TPSA) is 106 Å². The van der Waals surface area contributed by atoms with Gasteiger partial charge < -0.3 is 15.1 Å². The summed E-state index contributed by atoms with van der Waals surface area (Å²) in [6, 6.07) is 5.49. The predicted molar refractivity (Wildman–Crippen MR) is 96.2 cm³/mol. The fraction of sp³-hybridized carbons (Fsp3) is 0.400. The first-order valence-corrected chi connectivity index (χ1v) is 9.75. The van der Waals surface area contributed by atoms with Crippen LogP contribution in [0.15, 0.2) is 28.2 Å². The molecule has 1 saturated heterocycles. The van der Waals surface area contributed by atoms with Crippen LogP contribution in [0, 0.1) is 0 Å². The number of carbonyl (C=O) groups excluding carboxylic acids is 1. The van der Waals surface area contributed by atoms with E-state index in [0.29, 0.717) is 34.8 Å². The summed E-state index contributed by atoms with van der Waals surface area (Å²) in [5.74, 6) is 0.986. The van der Waals surface area contributed by atoms with Gasteiger partial charge in [0.05, 0.1) is 23.3 Å². The van der Waals surface area contributed by atoms with Gasteiger partial charge in [0, 0.05) is 19.1 Å². The number of likely N-dealkylation sites (N-methyl/N-ethyl adjacent to an activating group) is 1. The number of rotatable bonds is 3. The van der Waals surface area contributed by atoms with Crippen molar-refractivity contribution in [2.75, 3.05) is 42.6 Å². The van der Waals surface area contributed by atoms with Crippen LogP contribution in [0.5, 0.6) is 0 Å². The van der Waals surface area contributed by atoms with Gasteiger partial charge in [-0.25, -0.2) is 13.4 Å². The second kappa shape index (κ2) is 5.53. The van der Waals surface area contributed by atoms with Crippen LogP contribution in [0.1, 0.15) is 0 Å². The normalized spacial score (nSPS) is 19.8. The Morgan fingerprint density at radius 1 is 1.20 bits per heavy atom. The Hall–Kier alpha value is -2.46. The summed E-state index contributed by atoms with van der Waals surface area (Å²) in [5.41, 5.74) is 1.79. The quantitative estimate of drug-likeness (QED) is 0.768. The number of aliphatic imine (C=N–C) groups is 2. The summed E-state index contributed by atoms with van der Waals surface area (Å²) in [5, 5.41) is 3.21. The number of nitrogens with zero attached hydrogens (tertiary/aromatic N) is 4. The van der Waals surface area contributed by atoms with E-state index >= 15 is 0 Å². The summed E-state index contributed by atoms with van der Waals surface area (Å²) in [4.78, 5) is 24.6. The molecule has 3 heterocycles. The molecule has 0 spiro atoms. The van der Waals surface area contributed by atoms with Gasteiger partial charge >= 0.3 is 0 Å². The SMILES string of the molecule is CNC1CN(C2=Nc3ccc(NS(C)(=O)=O)cc3N3CC(=O)N=C23)C1. The number of nitrogens with one attached hydrogen (secondary N) is 2. The van der Waals surface area contributed by atoms with Gasteiger partial charge in [-0.2, -0.15) is 4.99 Å². The highest BCUT2D eigenvalue weighted by molar-refractivity contribution is 7.92. The zero-order valence-electron chi connectivity index (χ0n) is 13.9. The van der Waals surface area contributed by atoms with Gasteiger partial charge in [-0.05, 0) is 25.2 Å². The minimum Gasteiger partial charge on any atom is -0.350 e. The van der Waals surface area contributed by atoms with Crippen LogP contribution in [0.2, 0.25) is 0 Å². The number of sulfonamides is 1. The predicted octanol–water partition coefficient (Wildman–Crippen LogP) is -0.250. The van der Waals surface area contributed by atoms with E-state index in [-0.39, 0.29) is 12.5 Å². The Morgan fingerprint density at radius 2 is 1.96 bits per heavy atom. The number of amidine groups is 2. The largest absolute Gasteiger partial charge is 0.350 e. The minimum atomic E-state index is -3.38. The first-order chi connectivity index (χ1) is 11.8. The molecule has 0 radical (unpaired) electrons. The zero-order chi connectivity index (χ0) is 17.8. The second-order valence-corrected chi connectivity index (χ2v) is 8.07. The summed E-state index contributed by atoms with van der Waals surface area (Å²) in [6.07, 6.45) is 1.09. The zero-order valence-corrected chi connectivity index (χ0v) is 14.7. The third kappa shape index (κ3) is 2.87. The average Bonchev–Trinajstić information content (AvgIpc) is 2.87. The molecule has 0 bridgehead atoms. The van der Waals surface area contributed by atoms with E-state index in [0.717, 1.165) is 19.3 Å².